The van der Waals surface area contributed by atoms with Crippen LogP contribution in [-0.4, -0.2) is 48.8 Å². The Balaban J connectivity index is 1.69. The zero-order chi connectivity index (χ0) is 19.5. The molecule has 9 heteroatoms. The summed E-state index contributed by atoms with van der Waals surface area (Å²) in [5, 5.41) is 25.9. The molecule has 0 unspecified atom stereocenters. The smallest absolute Gasteiger partial charge is 0.177 e. The lowest BCUT2D eigenvalue weighted by Gasteiger charge is -2.06. The van der Waals surface area contributed by atoms with E-state index in [4.69, 9.17) is 9.94 Å². The van der Waals surface area contributed by atoms with Gasteiger partial charge in [0.25, 0.3) is 0 Å². The number of hydrogen-bond acceptors (Lipinski definition) is 7. The predicted octanol–water partition coefficient (Wildman–Crippen LogP) is 2.14. The summed E-state index contributed by atoms with van der Waals surface area (Å²) in [5.74, 6) is 0.178. The molecule has 0 radical (unpaired) electrons. The number of pyridine rings is 1. The molecule has 0 aliphatic heterocycles. The summed E-state index contributed by atoms with van der Waals surface area (Å²) in [6, 6.07) is 10.4. The number of oxime groups is 1. The van der Waals surface area contributed by atoms with Crippen LogP contribution in [0, 0.1) is 5.82 Å². The Hall–Kier alpha value is -3.46. The van der Waals surface area contributed by atoms with Crippen molar-refractivity contribution in [2.45, 2.75) is 13.3 Å². The molecule has 0 bridgehead atoms. The number of rotatable bonds is 6. The van der Waals surface area contributed by atoms with Gasteiger partial charge in [-0.05, 0) is 42.8 Å². The number of aromatic nitrogens is 5. The zero-order valence-corrected chi connectivity index (χ0v) is 15.1. The van der Waals surface area contributed by atoms with Crippen molar-refractivity contribution in [1.82, 2.24) is 24.8 Å². The van der Waals surface area contributed by atoms with Crippen LogP contribution in [0.5, 0.6) is 0 Å². The fourth-order valence-electron chi connectivity index (χ4n) is 2.84. The maximum absolute atomic E-state index is 14.9. The van der Waals surface area contributed by atoms with Gasteiger partial charge in [-0.25, -0.2) is 4.39 Å². The molecule has 0 saturated heterocycles. The second-order valence-corrected chi connectivity index (χ2v) is 6.12. The van der Waals surface area contributed by atoms with Gasteiger partial charge in [0.15, 0.2) is 11.5 Å². The van der Waals surface area contributed by atoms with Crippen LogP contribution in [0.2, 0.25) is 0 Å². The molecule has 1 N–H and O–H groups in total. The molecule has 0 spiro atoms. The third-order valence-corrected chi connectivity index (χ3v) is 4.23. The third kappa shape index (κ3) is 3.39. The molecule has 8 nitrogen and oxygen atoms in total. The first-order valence-electron chi connectivity index (χ1n) is 8.68. The maximum Gasteiger partial charge on any atom is 0.177 e. The van der Waals surface area contributed by atoms with E-state index in [-0.39, 0.29) is 25.5 Å². The van der Waals surface area contributed by atoms with Crippen molar-refractivity contribution in [3.8, 4) is 0 Å². The van der Waals surface area contributed by atoms with Gasteiger partial charge in [-0.2, -0.15) is 9.61 Å². The van der Waals surface area contributed by atoms with E-state index in [1.54, 1.807) is 54.0 Å². The van der Waals surface area contributed by atoms with Gasteiger partial charge in [0.1, 0.15) is 23.8 Å². The fraction of sp³-hybridized carbons (Fsp3) is 0.211. The minimum Gasteiger partial charge on any atom is -0.393 e. The number of benzene rings is 1. The molecular weight excluding hydrogens is 363 g/mol. The summed E-state index contributed by atoms with van der Waals surface area (Å²) in [6.45, 7) is 1.73. The van der Waals surface area contributed by atoms with Crippen molar-refractivity contribution in [1.29, 1.82) is 0 Å². The molecule has 0 atom stereocenters. The number of nitrogens with zero attached hydrogens (tertiary/aromatic N) is 6. The minimum atomic E-state index is -0.325. The average molecular weight is 380 g/mol. The predicted molar refractivity (Wildman–Crippen MR) is 101 cm³/mol. The Morgan fingerprint density at radius 1 is 1.21 bits per heavy atom. The summed E-state index contributed by atoms with van der Waals surface area (Å²) in [5.41, 5.74) is 2.74. The normalized spacial score (nSPS) is 12.0. The summed E-state index contributed by atoms with van der Waals surface area (Å²) in [6.07, 6.45) is 1.86. The first-order valence-corrected chi connectivity index (χ1v) is 8.68. The van der Waals surface area contributed by atoms with Gasteiger partial charge < -0.3 is 9.94 Å². The number of aliphatic hydroxyl groups excluding tert-OH is 1. The summed E-state index contributed by atoms with van der Waals surface area (Å²) in [4.78, 5) is 9.14. The first kappa shape index (κ1) is 17.9. The fourth-order valence-corrected chi connectivity index (χ4v) is 2.84. The van der Waals surface area contributed by atoms with Crippen LogP contribution >= 0.6 is 0 Å². The van der Waals surface area contributed by atoms with Crippen LogP contribution in [0.25, 0.3) is 16.6 Å². The average Bonchev–Trinajstić information content (AvgIpc) is 3.12. The van der Waals surface area contributed by atoms with Gasteiger partial charge in [0, 0.05) is 18.0 Å². The van der Waals surface area contributed by atoms with Crippen molar-refractivity contribution in [2.24, 2.45) is 5.16 Å². The molecule has 0 aliphatic rings. The van der Waals surface area contributed by atoms with Gasteiger partial charge in [0.2, 0.25) is 0 Å². The zero-order valence-electron chi connectivity index (χ0n) is 15.1. The molecule has 28 heavy (non-hydrogen) atoms. The molecule has 0 amide bonds. The number of halogens is 1. The van der Waals surface area contributed by atoms with Crippen LogP contribution in [0.15, 0.2) is 47.8 Å². The Morgan fingerprint density at radius 2 is 2.11 bits per heavy atom. The summed E-state index contributed by atoms with van der Waals surface area (Å²) >= 11 is 0. The highest BCUT2D eigenvalue weighted by Crippen LogP contribution is 2.21. The largest absolute Gasteiger partial charge is 0.393 e. The van der Waals surface area contributed by atoms with E-state index < -0.39 is 0 Å². The van der Waals surface area contributed by atoms with Gasteiger partial charge in [-0.3, -0.25) is 4.98 Å². The van der Waals surface area contributed by atoms with Crippen molar-refractivity contribution < 1.29 is 14.3 Å². The van der Waals surface area contributed by atoms with Crippen molar-refractivity contribution in [3.05, 3.63) is 65.5 Å². The van der Waals surface area contributed by atoms with Gasteiger partial charge in [-0.15, -0.1) is 10.2 Å². The van der Waals surface area contributed by atoms with Crippen molar-refractivity contribution in [3.63, 3.8) is 0 Å². The van der Waals surface area contributed by atoms with E-state index >= 15 is 0 Å². The second kappa shape index (κ2) is 7.65. The lowest BCUT2D eigenvalue weighted by molar-refractivity contribution is 0.0986. The van der Waals surface area contributed by atoms with Crippen molar-refractivity contribution in [2.75, 3.05) is 13.2 Å². The van der Waals surface area contributed by atoms with Crippen LogP contribution in [0.1, 0.15) is 24.0 Å². The van der Waals surface area contributed by atoms with Gasteiger partial charge in [0.05, 0.1) is 12.1 Å². The molecular formula is C19H17FN6O2. The van der Waals surface area contributed by atoms with Gasteiger partial charge >= 0.3 is 0 Å². The second-order valence-electron chi connectivity index (χ2n) is 6.12. The van der Waals surface area contributed by atoms with Crippen LogP contribution in [-0.2, 0) is 11.3 Å². The maximum atomic E-state index is 14.9. The van der Waals surface area contributed by atoms with Crippen LogP contribution < -0.4 is 0 Å². The Morgan fingerprint density at radius 3 is 2.96 bits per heavy atom. The third-order valence-electron chi connectivity index (χ3n) is 4.23. The van der Waals surface area contributed by atoms with Gasteiger partial charge in [-0.1, -0.05) is 11.2 Å². The molecule has 4 aromatic rings. The SMILES string of the molecule is C/C(=N\OCCO)c1ccc2nnc(Cc3ccc4ncccc4c3F)n2n1. The van der Waals surface area contributed by atoms with E-state index in [0.717, 1.165) is 0 Å². The van der Waals surface area contributed by atoms with E-state index in [2.05, 4.69) is 25.4 Å². The van der Waals surface area contributed by atoms with Crippen LogP contribution in [0.3, 0.4) is 0 Å². The van der Waals surface area contributed by atoms with Crippen molar-refractivity contribution >= 4 is 22.3 Å². The first-order chi connectivity index (χ1) is 13.7. The summed E-state index contributed by atoms with van der Waals surface area (Å²) < 4.78 is 16.4. The molecule has 0 fully saturated rings. The standard InChI is InChI=1S/C19H17FN6O2/c1-12(25-28-10-9-27)15-6-7-17-22-23-18(26(17)24-15)11-13-4-5-16-14(19(13)20)3-2-8-21-16/h2-8,27H,9-11H2,1H3/b25-12+. The minimum absolute atomic E-state index is 0.105. The molecule has 0 aliphatic carbocycles. The molecule has 0 saturated carbocycles. The molecule has 3 aromatic heterocycles. The molecule has 3 heterocycles. The Bertz CT molecular complexity index is 1170. The number of hydrogen-bond donors (Lipinski definition) is 1. The van der Waals surface area contributed by atoms with Crippen LogP contribution in [0.4, 0.5) is 4.39 Å². The van der Waals surface area contributed by atoms with E-state index in [9.17, 15) is 4.39 Å². The number of fused-ring (bicyclic) bond motifs is 2. The Kier molecular flexibility index (Phi) is 4.90. The lowest BCUT2D eigenvalue weighted by atomic mass is 10.1. The van der Waals surface area contributed by atoms with E-state index in [1.165, 1.54) is 0 Å². The lowest BCUT2D eigenvalue weighted by Crippen LogP contribution is -2.08. The molecule has 142 valence electrons. The summed E-state index contributed by atoms with van der Waals surface area (Å²) in [7, 11) is 0. The molecule has 1 aromatic carbocycles. The highest BCUT2D eigenvalue weighted by atomic mass is 19.1. The number of aliphatic hydroxyl groups is 1. The highest BCUT2D eigenvalue weighted by molar-refractivity contribution is 5.96. The molecule has 4 rings (SSSR count). The monoisotopic (exact) mass is 380 g/mol. The van der Waals surface area contributed by atoms with E-state index in [1.807, 2.05) is 0 Å². The van der Waals surface area contributed by atoms with E-state index in [0.29, 0.717) is 39.3 Å². The Labute approximate surface area is 159 Å². The highest BCUT2D eigenvalue weighted by Gasteiger charge is 2.14. The topological polar surface area (TPSA) is 97.8 Å². The quantitative estimate of drug-likeness (QED) is 0.313.